The van der Waals surface area contributed by atoms with Gasteiger partial charge in [-0.05, 0) is 18.4 Å². The Morgan fingerprint density at radius 1 is 1.20 bits per heavy atom. The summed E-state index contributed by atoms with van der Waals surface area (Å²) in [5.41, 5.74) is 2.15. The highest BCUT2D eigenvalue weighted by Crippen LogP contribution is 2.26. The molecule has 1 atom stereocenters. The second-order valence-electron chi connectivity index (χ2n) is 5.05. The normalized spacial score (nSPS) is 14.2. The van der Waals surface area contributed by atoms with Crippen molar-refractivity contribution in [2.45, 2.75) is 45.6 Å². The maximum Gasteiger partial charge on any atom is 0.209 e. The third-order valence-corrected chi connectivity index (χ3v) is 3.73. The molecule has 0 aliphatic rings. The van der Waals surface area contributed by atoms with Gasteiger partial charge in [-0.3, -0.25) is 0 Å². The molecule has 112 valence electrons. The molecule has 0 aromatic heterocycles. The SMILES string of the molecule is CCC/C=C(\CCC)[C@@H](NS(C)(=O)=O)c1ccccc1. The Labute approximate surface area is 123 Å². The fraction of sp³-hybridized carbons (Fsp3) is 0.500. The summed E-state index contributed by atoms with van der Waals surface area (Å²) < 4.78 is 26.1. The van der Waals surface area contributed by atoms with Crippen LogP contribution < -0.4 is 4.72 Å². The smallest absolute Gasteiger partial charge is 0.209 e. The molecule has 0 radical (unpaired) electrons. The van der Waals surface area contributed by atoms with E-state index in [1.165, 1.54) is 6.26 Å². The number of benzene rings is 1. The Bertz CT molecular complexity index is 521. The summed E-state index contributed by atoms with van der Waals surface area (Å²) in [6, 6.07) is 9.51. The number of allylic oxidation sites excluding steroid dienone is 1. The molecule has 3 nitrogen and oxygen atoms in total. The Kier molecular flexibility index (Phi) is 6.96. The largest absolute Gasteiger partial charge is 0.213 e. The van der Waals surface area contributed by atoms with E-state index in [1.54, 1.807) is 0 Å². The number of unbranched alkanes of at least 4 members (excludes halogenated alkanes) is 1. The molecule has 1 N–H and O–H groups in total. The van der Waals surface area contributed by atoms with Crippen molar-refractivity contribution in [2.24, 2.45) is 0 Å². The first-order chi connectivity index (χ1) is 9.48. The molecule has 0 heterocycles. The molecule has 0 saturated carbocycles. The molecule has 0 amide bonds. The lowest BCUT2D eigenvalue weighted by Gasteiger charge is -2.21. The van der Waals surface area contributed by atoms with E-state index in [1.807, 2.05) is 30.3 Å². The highest BCUT2D eigenvalue weighted by atomic mass is 32.2. The van der Waals surface area contributed by atoms with Gasteiger partial charge in [-0.2, -0.15) is 0 Å². The summed E-state index contributed by atoms with van der Waals surface area (Å²) in [4.78, 5) is 0. The van der Waals surface area contributed by atoms with Gasteiger partial charge in [-0.25, -0.2) is 13.1 Å². The molecule has 0 aliphatic carbocycles. The highest BCUT2D eigenvalue weighted by molar-refractivity contribution is 7.88. The molecule has 1 aromatic rings. The third kappa shape index (κ3) is 5.88. The summed E-state index contributed by atoms with van der Waals surface area (Å²) in [6.45, 7) is 4.24. The van der Waals surface area contributed by atoms with Crippen molar-refractivity contribution in [1.29, 1.82) is 0 Å². The molecule has 0 aliphatic heterocycles. The predicted octanol–water partition coefficient (Wildman–Crippen LogP) is 3.80. The fourth-order valence-electron chi connectivity index (χ4n) is 2.20. The zero-order valence-electron chi connectivity index (χ0n) is 12.6. The van der Waals surface area contributed by atoms with E-state index in [0.29, 0.717) is 0 Å². The average Bonchev–Trinajstić information content (AvgIpc) is 2.41. The molecular weight excluding hydrogens is 270 g/mol. The van der Waals surface area contributed by atoms with E-state index in [-0.39, 0.29) is 6.04 Å². The molecule has 1 aromatic carbocycles. The molecular formula is C16H25NO2S. The number of sulfonamides is 1. The van der Waals surface area contributed by atoms with Crippen LogP contribution in [0.25, 0.3) is 0 Å². The molecule has 0 bridgehead atoms. The lowest BCUT2D eigenvalue weighted by Crippen LogP contribution is -2.29. The van der Waals surface area contributed by atoms with Gasteiger partial charge >= 0.3 is 0 Å². The summed E-state index contributed by atoms with van der Waals surface area (Å²) in [6.07, 6.45) is 7.34. The van der Waals surface area contributed by atoms with Gasteiger partial charge in [-0.1, -0.05) is 68.7 Å². The number of hydrogen-bond donors (Lipinski definition) is 1. The van der Waals surface area contributed by atoms with Crippen LogP contribution in [-0.2, 0) is 10.0 Å². The summed E-state index contributed by atoms with van der Waals surface area (Å²) in [5, 5.41) is 0. The minimum Gasteiger partial charge on any atom is -0.213 e. The first kappa shape index (κ1) is 16.9. The molecule has 0 fully saturated rings. The van der Waals surface area contributed by atoms with Crippen LogP contribution in [0.2, 0.25) is 0 Å². The van der Waals surface area contributed by atoms with Crippen LogP contribution in [0.15, 0.2) is 42.0 Å². The fourth-order valence-corrected chi connectivity index (χ4v) is 2.92. The molecule has 0 unspecified atom stereocenters. The van der Waals surface area contributed by atoms with Gasteiger partial charge in [-0.15, -0.1) is 0 Å². The lowest BCUT2D eigenvalue weighted by atomic mass is 9.95. The molecule has 20 heavy (non-hydrogen) atoms. The predicted molar refractivity (Wildman–Crippen MR) is 85.1 cm³/mol. The molecule has 1 rings (SSSR count). The van der Waals surface area contributed by atoms with E-state index < -0.39 is 10.0 Å². The summed E-state index contributed by atoms with van der Waals surface area (Å²) in [5.74, 6) is 0. The van der Waals surface area contributed by atoms with Crippen LogP contribution in [-0.4, -0.2) is 14.7 Å². The Morgan fingerprint density at radius 2 is 1.85 bits per heavy atom. The second kappa shape index (κ2) is 8.22. The highest BCUT2D eigenvalue weighted by Gasteiger charge is 2.19. The minimum atomic E-state index is -3.25. The van der Waals surface area contributed by atoms with Crippen LogP contribution in [0.5, 0.6) is 0 Å². The van der Waals surface area contributed by atoms with Crippen molar-refractivity contribution >= 4 is 10.0 Å². The van der Waals surface area contributed by atoms with E-state index in [2.05, 4.69) is 24.6 Å². The first-order valence-corrected chi connectivity index (χ1v) is 9.08. The minimum absolute atomic E-state index is 0.252. The average molecular weight is 295 g/mol. The summed E-state index contributed by atoms with van der Waals surface area (Å²) in [7, 11) is -3.25. The van der Waals surface area contributed by atoms with Gasteiger partial charge < -0.3 is 0 Å². The molecule has 0 saturated heterocycles. The van der Waals surface area contributed by atoms with Crippen molar-refractivity contribution < 1.29 is 8.42 Å². The van der Waals surface area contributed by atoms with Gasteiger partial charge in [0.2, 0.25) is 10.0 Å². The Balaban J connectivity index is 3.13. The van der Waals surface area contributed by atoms with Crippen molar-refractivity contribution in [3.8, 4) is 0 Å². The zero-order valence-corrected chi connectivity index (χ0v) is 13.4. The number of hydrogen-bond acceptors (Lipinski definition) is 2. The van der Waals surface area contributed by atoms with Crippen molar-refractivity contribution in [3.63, 3.8) is 0 Å². The Morgan fingerprint density at radius 3 is 2.35 bits per heavy atom. The third-order valence-electron chi connectivity index (χ3n) is 3.07. The van der Waals surface area contributed by atoms with Gasteiger partial charge in [0.1, 0.15) is 0 Å². The molecule has 4 heteroatoms. The van der Waals surface area contributed by atoms with Crippen LogP contribution in [0.1, 0.15) is 51.1 Å². The maximum absolute atomic E-state index is 11.7. The Hall–Kier alpha value is -1.13. The van der Waals surface area contributed by atoms with Crippen LogP contribution >= 0.6 is 0 Å². The van der Waals surface area contributed by atoms with E-state index in [4.69, 9.17) is 0 Å². The number of nitrogens with one attached hydrogen (secondary N) is 1. The van der Waals surface area contributed by atoms with E-state index >= 15 is 0 Å². The van der Waals surface area contributed by atoms with E-state index in [0.717, 1.165) is 36.8 Å². The number of rotatable bonds is 8. The van der Waals surface area contributed by atoms with E-state index in [9.17, 15) is 8.42 Å². The topological polar surface area (TPSA) is 46.2 Å². The second-order valence-corrected chi connectivity index (χ2v) is 6.83. The van der Waals surface area contributed by atoms with Crippen molar-refractivity contribution in [2.75, 3.05) is 6.26 Å². The molecule has 0 spiro atoms. The quantitative estimate of drug-likeness (QED) is 0.741. The van der Waals surface area contributed by atoms with Gasteiger partial charge in [0, 0.05) is 0 Å². The van der Waals surface area contributed by atoms with Crippen LogP contribution in [0.4, 0.5) is 0 Å². The maximum atomic E-state index is 11.7. The van der Waals surface area contributed by atoms with Crippen LogP contribution in [0, 0.1) is 0 Å². The van der Waals surface area contributed by atoms with Gasteiger partial charge in [0.15, 0.2) is 0 Å². The monoisotopic (exact) mass is 295 g/mol. The first-order valence-electron chi connectivity index (χ1n) is 7.19. The standard InChI is InChI=1S/C16H25NO2S/c1-4-6-11-14(10-5-2)16(17-20(3,18)19)15-12-8-7-9-13-15/h7-9,11-13,16-17H,4-6,10H2,1-3H3/b14-11+/t16-/m1/s1. The van der Waals surface area contributed by atoms with Gasteiger partial charge in [0.05, 0.1) is 12.3 Å². The van der Waals surface area contributed by atoms with Crippen molar-refractivity contribution in [1.82, 2.24) is 4.72 Å². The zero-order chi connectivity index (χ0) is 15.0. The van der Waals surface area contributed by atoms with Crippen LogP contribution in [0.3, 0.4) is 0 Å². The lowest BCUT2D eigenvalue weighted by molar-refractivity contribution is 0.572. The van der Waals surface area contributed by atoms with Gasteiger partial charge in [0.25, 0.3) is 0 Å². The summed E-state index contributed by atoms with van der Waals surface area (Å²) >= 11 is 0. The van der Waals surface area contributed by atoms with Crippen molar-refractivity contribution in [3.05, 3.63) is 47.5 Å².